The van der Waals surface area contributed by atoms with Gasteiger partial charge in [0.05, 0.1) is 13.7 Å². The van der Waals surface area contributed by atoms with E-state index in [0.29, 0.717) is 22.3 Å². The number of aryl methyl sites for hydroxylation is 1. The van der Waals surface area contributed by atoms with Crippen LogP contribution in [0.15, 0.2) is 39.0 Å². The highest BCUT2D eigenvalue weighted by atomic mass is 32.2. The van der Waals surface area contributed by atoms with E-state index in [1.165, 1.54) is 23.4 Å². The van der Waals surface area contributed by atoms with Crippen LogP contribution < -0.4 is 20.7 Å². The predicted molar refractivity (Wildman–Crippen MR) is 116 cm³/mol. The average molecular weight is 435 g/mol. The van der Waals surface area contributed by atoms with Crippen LogP contribution in [-0.4, -0.2) is 48.9 Å². The normalized spacial score (nSPS) is 12.5. The Morgan fingerprint density at radius 3 is 2.33 bits per heavy atom. The summed E-state index contributed by atoms with van der Waals surface area (Å²) >= 11 is 1.46. The Hall–Kier alpha value is -2.72. The van der Waals surface area contributed by atoms with Gasteiger partial charge >= 0.3 is 5.69 Å². The lowest BCUT2D eigenvalue weighted by atomic mass is 10.3. The van der Waals surface area contributed by atoms with Gasteiger partial charge in [-0.25, -0.2) is 9.78 Å². The zero-order valence-corrected chi connectivity index (χ0v) is 18.5. The SMILES string of the molecule is COc1ccc(OCC(O)Cn2c(SC(C)C)nc3c2c(=O)n(C)c(=O)n3C)cc1. The van der Waals surface area contributed by atoms with Gasteiger partial charge < -0.3 is 19.1 Å². The Balaban J connectivity index is 1.91. The molecule has 0 aliphatic heterocycles. The summed E-state index contributed by atoms with van der Waals surface area (Å²) in [5, 5.41) is 11.4. The predicted octanol–water partition coefficient (Wildman–Crippen LogP) is 1.38. The first-order valence-corrected chi connectivity index (χ1v) is 10.4. The fourth-order valence-electron chi connectivity index (χ4n) is 3.02. The number of aromatic nitrogens is 4. The third kappa shape index (κ3) is 4.39. The van der Waals surface area contributed by atoms with Crippen molar-refractivity contribution in [1.82, 2.24) is 18.7 Å². The summed E-state index contributed by atoms with van der Waals surface area (Å²) in [4.78, 5) is 29.6. The maximum atomic E-state index is 12.8. The minimum absolute atomic E-state index is 0.0316. The molecule has 0 aliphatic rings. The first-order chi connectivity index (χ1) is 14.2. The minimum Gasteiger partial charge on any atom is -0.497 e. The number of rotatable bonds is 8. The lowest BCUT2D eigenvalue weighted by molar-refractivity contribution is 0.0913. The van der Waals surface area contributed by atoms with E-state index in [-0.39, 0.29) is 23.9 Å². The van der Waals surface area contributed by atoms with Gasteiger partial charge in [0.25, 0.3) is 5.56 Å². The van der Waals surface area contributed by atoms with E-state index < -0.39 is 17.4 Å². The van der Waals surface area contributed by atoms with E-state index in [1.54, 1.807) is 43.0 Å². The molecule has 0 radical (unpaired) electrons. The van der Waals surface area contributed by atoms with Crippen molar-refractivity contribution in [2.75, 3.05) is 13.7 Å². The van der Waals surface area contributed by atoms with Crippen LogP contribution in [0.5, 0.6) is 11.5 Å². The molecule has 30 heavy (non-hydrogen) atoms. The van der Waals surface area contributed by atoms with Crippen LogP contribution in [0.25, 0.3) is 11.2 Å². The van der Waals surface area contributed by atoms with Crippen LogP contribution in [0.1, 0.15) is 13.8 Å². The second-order valence-electron chi connectivity index (χ2n) is 7.19. The molecule has 10 heteroatoms. The van der Waals surface area contributed by atoms with E-state index in [0.717, 1.165) is 4.57 Å². The third-order valence-corrected chi connectivity index (χ3v) is 5.54. The van der Waals surface area contributed by atoms with Crippen molar-refractivity contribution >= 4 is 22.9 Å². The monoisotopic (exact) mass is 434 g/mol. The molecule has 0 fully saturated rings. The Kier molecular flexibility index (Phi) is 6.57. The zero-order chi connectivity index (χ0) is 22.0. The molecule has 0 saturated carbocycles. The average Bonchev–Trinajstić information content (AvgIpc) is 3.06. The molecule has 2 aromatic heterocycles. The van der Waals surface area contributed by atoms with Gasteiger partial charge in [-0.3, -0.25) is 13.9 Å². The quantitative estimate of drug-likeness (QED) is 0.535. The van der Waals surface area contributed by atoms with Crippen molar-refractivity contribution in [1.29, 1.82) is 0 Å². The van der Waals surface area contributed by atoms with Gasteiger partial charge in [-0.2, -0.15) is 0 Å². The molecular formula is C20H26N4O5S. The molecule has 0 spiro atoms. The number of nitrogens with zero attached hydrogens (tertiary/aromatic N) is 4. The van der Waals surface area contributed by atoms with E-state index in [1.807, 2.05) is 13.8 Å². The first kappa shape index (κ1) is 22.0. The summed E-state index contributed by atoms with van der Waals surface area (Å²) in [6.45, 7) is 4.16. The lowest BCUT2D eigenvalue weighted by Gasteiger charge is -2.16. The van der Waals surface area contributed by atoms with Crippen molar-refractivity contribution < 1.29 is 14.6 Å². The standard InChI is InChI=1S/C20H26N4O5S/c1-12(2)30-19-21-17-16(18(26)23(4)20(27)22(17)3)24(19)10-13(25)11-29-15-8-6-14(28-5)7-9-15/h6-9,12-13,25H,10-11H2,1-5H3. The number of benzene rings is 1. The maximum absolute atomic E-state index is 12.8. The molecular weight excluding hydrogens is 408 g/mol. The molecule has 9 nitrogen and oxygen atoms in total. The van der Waals surface area contributed by atoms with Crippen molar-refractivity contribution in [2.45, 2.75) is 36.9 Å². The highest BCUT2D eigenvalue weighted by molar-refractivity contribution is 7.99. The number of hydrogen-bond acceptors (Lipinski definition) is 7. The van der Waals surface area contributed by atoms with Crippen LogP contribution in [0.3, 0.4) is 0 Å². The minimum atomic E-state index is -0.891. The molecule has 2 heterocycles. The molecule has 0 amide bonds. The second-order valence-corrected chi connectivity index (χ2v) is 8.73. The lowest BCUT2D eigenvalue weighted by Crippen LogP contribution is -2.38. The molecule has 0 aliphatic carbocycles. The van der Waals surface area contributed by atoms with Crippen LogP contribution >= 0.6 is 11.8 Å². The molecule has 1 atom stereocenters. The molecule has 3 aromatic rings. The zero-order valence-electron chi connectivity index (χ0n) is 17.7. The highest BCUT2D eigenvalue weighted by Gasteiger charge is 2.22. The van der Waals surface area contributed by atoms with Gasteiger partial charge in [-0.15, -0.1) is 0 Å². The molecule has 3 rings (SSSR count). The van der Waals surface area contributed by atoms with Crippen molar-refractivity contribution in [2.24, 2.45) is 14.1 Å². The number of hydrogen-bond donors (Lipinski definition) is 1. The van der Waals surface area contributed by atoms with Crippen LogP contribution in [0.2, 0.25) is 0 Å². The summed E-state index contributed by atoms with van der Waals surface area (Å²) < 4.78 is 14.8. The van der Waals surface area contributed by atoms with Gasteiger partial charge in [0.15, 0.2) is 16.3 Å². The fraction of sp³-hybridized carbons (Fsp3) is 0.450. The second kappa shape index (κ2) is 8.97. The number of ether oxygens (including phenoxy) is 2. The molecule has 0 saturated heterocycles. The summed E-state index contributed by atoms with van der Waals surface area (Å²) in [6, 6.07) is 7.05. The number of methoxy groups -OCH3 is 1. The van der Waals surface area contributed by atoms with Crippen molar-refractivity contribution in [3.05, 3.63) is 45.1 Å². The van der Waals surface area contributed by atoms with Gasteiger partial charge in [0.2, 0.25) is 0 Å². The Morgan fingerprint density at radius 1 is 1.10 bits per heavy atom. The molecule has 1 aromatic carbocycles. The number of aliphatic hydroxyl groups excluding tert-OH is 1. The molecule has 0 bridgehead atoms. The van der Waals surface area contributed by atoms with E-state index in [9.17, 15) is 14.7 Å². The van der Waals surface area contributed by atoms with E-state index in [4.69, 9.17) is 9.47 Å². The Labute approximate surface area is 177 Å². The van der Waals surface area contributed by atoms with Crippen LogP contribution in [0.4, 0.5) is 0 Å². The Morgan fingerprint density at radius 2 is 1.73 bits per heavy atom. The number of fused-ring (bicyclic) bond motifs is 1. The van der Waals surface area contributed by atoms with E-state index in [2.05, 4.69) is 4.98 Å². The maximum Gasteiger partial charge on any atom is 0.332 e. The van der Waals surface area contributed by atoms with Crippen LogP contribution in [-0.2, 0) is 20.6 Å². The number of aliphatic hydroxyl groups is 1. The molecule has 162 valence electrons. The van der Waals surface area contributed by atoms with Gasteiger partial charge in [0, 0.05) is 19.3 Å². The smallest absolute Gasteiger partial charge is 0.332 e. The van der Waals surface area contributed by atoms with Crippen molar-refractivity contribution in [3.63, 3.8) is 0 Å². The molecule has 1 unspecified atom stereocenters. The molecule has 1 N–H and O–H groups in total. The largest absolute Gasteiger partial charge is 0.497 e. The van der Waals surface area contributed by atoms with Gasteiger partial charge in [0.1, 0.15) is 24.2 Å². The number of thioether (sulfide) groups is 1. The van der Waals surface area contributed by atoms with Gasteiger partial charge in [-0.1, -0.05) is 25.6 Å². The number of imidazole rings is 1. The highest BCUT2D eigenvalue weighted by Crippen LogP contribution is 2.25. The fourth-order valence-corrected chi connectivity index (χ4v) is 3.88. The van der Waals surface area contributed by atoms with Crippen LogP contribution in [0, 0.1) is 0 Å². The third-order valence-electron chi connectivity index (χ3n) is 4.55. The van der Waals surface area contributed by atoms with E-state index >= 15 is 0 Å². The summed E-state index contributed by atoms with van der Waals surface area (Å²) in [5.41, 5.74) is -0.304. The first-order valence-electron chi connectivity index (χ1n) is 9.50. The summed E-state index contributed by atoms with van der Waals surface area (Å²) in [6.07, 6.45) is -0.891. The van der Waals surface area contributed by atoms with Crippen molar-refractivity contribution in [3.8, 4) is 11.5 Å². The summed E-state index contributed by atoms with van der Waals surface area (Å²) in [7, 11) is 4.59. The topological polar surface area (TPSA) is 101 Å². The van der Waals surface area contributed by atoms with Gasteiger partial charge in [-0.05, 0) is 24.3 Å². The summed E-state index contributed by atoms with van der Waals surface area (Å²) in [5.74, 6) is 1.31. The Bertz CT molecular complexity index is 1150.